The summed E-state index contributed by atoms with van der Waals surface area (Å²) in [5.74, 6) is 0.979. The summed E-state index contributed by atoms with van der Waals surface area (Å²) in [7, 11) is 0. The van der Waals surface area contributed by atoms with Crippen molar-refractivity contribution in [3.63, 3.8) is 0 Å². The number of nitrogens with one attached hydrogen (secondary N) is 1. The highest BCUT2D eigenvalue weighted by Gasteiger charge is 2.42. The number of halogens is 1. The highest BCUT2D eigenvalue weighted by Crippen LogP contribution is 2.45. The predicted molar refractivity (Wildman–Crippen MR) is 94.5 cm³/mol. The van der Waals surface area contributed by atoms with E-state index in [1.165, 1.54) is 5.56 Å². The van der Waals surface area contributed by atoms with E-state index in [2.05, 4.69) is 50.4 Å². The highest BCUT2D eigenvalue weighted by molar-refractivity contribution is 9.09. The van der Waals surface area contributed by atoms with E-state index < -0.39 is 0 Å². The molecular formula is C17H15BrN2OS. The molecule has 1 saturated heterocycles. The van der Waals surface area contributed by atoms with E-state index >= 15 is 0 Å². The summed E-state index contributed by atoms with van der Waals surface area (Å²) in [6.07, 6.45) is 0. The van der Waals surface area contributed by atoms with Crippen molar-refractivity contribution in [2.75, 3.05) is 10.7 Å². The monoisotopic (exact) mass is 374 g/mol. The Hall–Kier alpha value is -1.46. The maximum absolute atomic E-state index is 12.3. The van der Waals surface area contributed by atoms with Gasteiger partial charge < -0.3 is 10.2 Å². The lowest BCUT2D eigenvalue weighted by Gasteiger charge is -2.48. The lowest BCUT2D eigenvalue weighted by molar-refractivity contribution is 0.0939. The summed E-state index contributed by atoms with van der Waals surface area (Å²) in [5.41, 5.74) is 3.02. The number of rotatable bonds is 1. The van der Waals surface area contributed by atoms with Crippen molar-refractivity contribution >= 4 is 39.3 Å². The van der Waals surface area contributed by atoms with Gasteiger partial charge in [-0.25, -0.2) is 0 Å². The summed E-state index contributed by atoms with van der Waals surface area (Å²) >= 11 is 5.61. The highest BCUT2D eigenvalue weighted by atomic mass is 79.9. The van der Waals surface area contributed by atoms with Gasteiger partial charge in [-0.1, -0.05) is 58.4 Å². The molecule has 1 N–H and O–H groups in total. The van der Waals surface area contributed by atoms with Crippen LogP contribution in [0.1, 0.15) is 22.0 Å². The summed E-state index contributed by atoms with van der Waals surface area (Å²) in [6, 6.07) is 18.5. The molecule has 0 saturated carbocycles. The third kappa shape index (κ3) is 2.23. The first-order chi connectivity index (χ1) is 10.8. The zero-order valence-electron chi connectivity index (χ0n) is 11.8. The van der Waals surface area contributed by atoms with Gasteiger partial charge >= 0.3 is 0 Å². The standard InChI is InChI=1S/C17H15BrN2OS/c18-13-10-22-17-19-16(21)12-8-4-5-9-14(12)20(17)15(13)11-6-2-1-3-7-11/h1-9,13,15,17H,10H2,(H,19,21). The number of anilines is 1. The summed E-state index contributed by atoms with van der Waals surface area (Å²) < 4.78 is 0. The molecule has 0 bridgehead atoms. The molecular weight excluding hydrogens is 360 g/mol. The van der Waals surface area contributed by atoms with E-state index in [1.54, 1.807) is 11.8 Å². The Morgan fingerprint density at radius 1 is 1.09 bits per heavy atom. The van der Waals surface area contributed by atoms with Crippen molar-refractivity contribution < 1.29 is 4.79 Å². The largest absolute Gasteiger partial charge is 0.334 e. The Bertz CT molecular complexity index is 709. The molecule has 0 spiro atoms. The minimum Gasteiger partial charge on any atom is -0.334 e. The number of alkyl halides is 1. The Kier molecular flexibility index (Phi) is 3.62. The molecule has 2 aromatic carbocycles. The number of fused-ring (bicyclic) bond motifs is 3. The molecule has 2 heterocycles. The van der Waals surface area contributed by atoms with E-state index in [9.17, 15) is 4.79 Å². The van der Waals surface area contributed by atoms with Crippen molar-refractivity contribution in [1.82, 2.24) is 5.32 Å². The van der Waals surface area contributed by atoms with E-state index in [1.807, 2.05) is 30.3 Å². The van der Waals surface area contributed by atoms with Crippen molar-refractivity contribution in [2.24, 2.45) is 0 Å². The van der Waals surface area contributed by atoms with Crippen LogP contribution < -0.4 is 10.2 Å². The summed E-state index contributed by atoms with van der Waals surface area (Å²) in [4.78, 5) is 15.0. The Morgan fingerprint density at radius 2 is 1.82 bits per heavy atom. The van der Waals surface area contributed by atoms with E-state index in [0.29, 0.717) is 4.83 Å². The number of carbonyl (C=O) groups is 1. The number of nitrogens with zero attached hydrogens (tertiary/aromatic N) is 1. The number of hydrogen-bond donors (Lipinski definition) is 1. The number of hydrogen-bond acceptors (Lipinski definition) is 3. The molecule has 112 valence electrons. The fraction of sp³-hybridized carbons (Fsp3) is 0.235. The smallest absolute Gasteiger partial charge is 0.255 e. The molecule has 2 aromatic rings. The average Bonchev–Trinajstić information content (AvgIpc) is 2.56. The van der Waals surface area contributed by atoms with Gasteiger partial charge in [0.1, 0.15) is 0 Å². The van der Waals surface area contributed by atoms with E-state index in [4.69, 9.17) is 0 Å². The maximum Gasteiger partial charge on any atom is 0.255 e. The molecule has 1 amide bonds. The zero-order valence-corrected chi connectivity index (χ0v) is 14.2. The van der Waals surface area contributed by atoms with Gasteiger partial charge in [0.15, 0.2) is 5.50 Å². The van der Waals surface area contributed by atoms with Crippen molar-refractivity contribution in [3.05, 3.63) is 65.7 Å². The van der Waals surface area contributed by atoms with Crippen LogP contribution in [-0.4, -0.2) is 22.0 Å². The Morgan fingerprint density at radius 3 is 2.64 bits per heavy atom. The number of carbonyl (C=O) groups excluding carboxylic acids is 1. The molecule has 0 radical (unpaired) electrons. The Labute approximate surface area is 142 Å². The molecule has 0 aliphatic carbocycles. The lowest BCUT2D eigenvalue weighted by atomic mass is 9.99. The second kappa shape index (κ2) is 5.63. The SMILES string of the molecule is O=C1NC2SCC(Br)C(c3ccccc3)N2c2ccccc21. The average molecular weight is 375 g/mol. The number of thioether (sulfide) groups is 1. The van der Waals surface area contributed by atoms with Crippen LogP contribution in [-0.2, 0) is 0 Å². The molecule has 3 unspecified atom stereocenters. The Balaban J connectivity index is 1.85. The maximum atomic E-state index is 12.3. The first-order valence-electron chi connectivity index (χ1n) is 7.24. The molecule has 4 rings (SSSR count). The fourth-order valence-electron chi connectivity index (χ4n) is 3.16. The number of para-hydroxylation sites is 1. The van der Waals surface area contributed by atoms with Crippen molar-refractivity contribution in [3.8, 4) is 0 Å². The minimum absolute atomic E-state index is 0.0126. The van der Waals surface area contributed by atoms with E-state index in [-0.39, 0.29) is 17.4 Å². The zero-order chi connectivity index (χ0) is 15.1. The van der Waals surface area contributed by atoms with Crippen LogP contribution in [0.15, 0.2) is 54.6 Å². The van der Waals surface area contributed by atoms with Crippen LogP contribution in [0.25, 0.3) is 0 Å². The van der Waals surface area contributed by atoms with Crippen molar-refractivity contribution in [2.45, 2.75) is 16.4 Å². The van der Waals surface area contributed by atoms with Crippen LogP contribution in [0, 0.1) is 0 Å². The third-order valence-electron chi connectivity index (χ3n) is 4.13. The van der Waals surface area contributed by atoms with Gasteiger partial charge in [0, 0.05) is 10.6 Å². The number of benzene rings is 2. The normalized spacial score (nSPS) is 26.9. The first-order valence-corrected chi connectivity index (χ1v) is 9.21. The summed E-state index contributed by atoms with van der Waals surface area (Å²) in [6.45, 7) is 0. The van der Waals surface area contributed by atoms with Gasteiger partial charge in [-0.05, 0) is 17.7 Å². The van der Waals surface area contributed by atoms with Crippen LogP contribution >= 0.6 is 27.7 Å². The van der Waals surface area contributed by atoms with E-state index in [0.717, 1.165) is 17.0 Å². The van der Waals surface area contributed by atoms with Gasteiger partial charge in [-0.3, -0.25) is 4.79 Å². The summed E-state index contributed by atoms with van der Waals surface area (Å²) in [5, 5.41) is 3.12. The third-order valence-corrected chi connectivity index (χ3v) is 6.60. The van der Waals surface area contributed by atoms with Crippen LogP contribution in [0.5, 0.6) is 0 Å². The molecule has 2 aliphatic rings. The van der Waals surface area contributed by atoms with Crippen LogP contribution in [0.3, 0.4) is 0 Å². The number of amides is 1. The first kappa shape index (κ1) is 14.2. The van der Waals surface area contributed by atoms with Crippen molar-refractivity contribution in [1.29, 1.82) is 0 Å². The molecule has 2 aliphatic heterocycles. The molecule has 5 heteroatoms. The van der Waals surface area contributed by atoms with Gasteiger partial charge in [-0.15, -0.1) is 11.8 Å². The van der Waals surface area contributed by atoms with Gasteiger partial charge in [0.25, 0.3) is 5.91 Å². The van der Waals surface area contributed by atoms with Gasteiger partial charge in [-0.2, -0.15) is 0 Å². The molecule has 1 fully saturated rings. The lowest BCUT2D eigenvalue weighted by Crippen LogP contribution is -2.57. The second-order valence-corrected chi connectivity index (χ2v) is 7.74. The molecule has 0 aromatic heterocycles. The van der Waals surface area contributed by atoms with Crippen LogP contribution in [0.4, 0.5) is 5.69 Å². The van der Waals surface area contributed by atoms with Gasteiger partial charge in [0.05, 0.1) is 17.3 Å². The fourth-order valence-corrected chi connectivity index (χ4v) is 5.32. The molecule has 3 nitrogen and oxygen atoms in total. The second-order valence-electron chi connectivity index (χ2n) is 5.46. The van der Waals surface area contributed by atoms with Crippen LogP contribution in [0.2, 0.25) is 0 Å². The van der Waals surface area contributed by atoms with Gasteiger partial charge in [0.2, 0.25) is 0 Å². The topological polar surface area (TPSA) is 32.3 Å². The quantitative estimate of drug-likeness (QED) is 0.771. The molecule has 3 atom stereocenters. The predicted octanol–water partition coefficient (Wildman–Crippen LogP) is 3.77. The molecule has 22 heavy (non-hydrogen) atoms. The minimum atomic E-state index is -0.0126.